The summed E-state index contributed by atoms with van der Waals surface area (Å²) >= 11 is 1.25. The number of aromatic hydroxyl groups is 2. The number of benzene rings is 2. The lowest BCUT2D eigenvalue weighted by Crippen LogP contribution is -2.71. The van der Waals surface area contributed by atoms with Gasteiger partial charge in [-0.05, 0) is 44.0 Å². The first kappa shape index (κ1) is 32.1. The maximum Gasteiger partial charge on any atom is 0.327 e. The van der Waals surface area contributed by atoms with Crippen molar-refractivity contribution in [3.8, 4) is 11.5 Å². The van der Waals surface area contributed by atoms with Gasteiger partial charge in [0.1, 0.15) is 23.5 Å². The lowest BCUT2D eigenvalue weighted by Gasteiger charge is -2.44. The van der Waals surface area contributed by atoms with E-state index in [1.165, 1.54) is 29.7 Å². The van der Waals surface area contributed by atoms with Gasteiger partial charge in [0.05, 0.1) is 6.61 Å². The minimum atomic E-state index is -1.38. The number of imide groups is 1. The minimum Gasteiger partial charge on any atom is -0.504 e. The first-order valence-corrected chi connectivity index (χ1v) is 14.5. The van der Waals surface area contributed by atoms with Crippen LogP contribution in [0.25, 0.3) is 0 Å². The van der Waals surface area contributed by atoms with Gasteiger partial charge in [-0.1, -0.05) is 30.3 Å². The molecule has 2 aliphatic heterocycles. The van der Waals surface area contributed by atoms with Crippen LogP contribution in [0.15, 0.2) is 48.5 Å². The summed E-state index contributed by atoms with van der Waals surface area (Å²) in [6.07, 6.45) is 0.0524. The Labute approximate surface area is 256 Å². The van der Waals surface area contributed by atoms with Gasteiger partial charge in [-0.15, -0.1) is 11.8 Å². The summed E-state index contributed by atoms with van der Waals surface area (Å²) in [7, 11) is 0. The molecule has 0 bridgehead atoms. The number of nitrogens with one attached hydrogen (secondary N) is 2. The summed E-state index contributed by atoms with van der Waals surface area (Å²) in [4.78, 5) is 78.6. The maximum atomic E-state index is 13.6. The summed E-state index contributed by atoms with van der Waals surface area (Å²) in [6, 6.07) is 6.85. The van der Waals surface area contributed by atoms with E-state index in [4.69, 9.17) is 4.74 Å². The van der Waals surface area contributed by atoms with Gasteiger partial charge >= 0.3 is 18.0 Å². The van der Waals surface area contributed by atoms with Gasteiger partial charge in [0.15, 0.2) is 11.5 Å². The molecule has 0 radical (unpaired) electrons. The van der Waals surface area contributed by atoms with Crippen LogP contribution in [0.1, 0.15) is 49.2 Å². The zero-order chi connectivity index (χ0) is 32.3. The zero-order valence-electron chi connectivity index (χ0n) is 24.1. The number of phenolic OH excluding ortho intramolecular Hbond substituents is 2. The van der Waals surface area contributed by atoms with Crippen molar-refractivity contribution in [3.63, 3.8) is 0 Å². The van der Waals surface area contributed by atoms with Crippen molar-refractivity contribution in [3.05, 3.63) is 59.7 Å². The van der Waals surface area contributed by atoms with Crippen molar-refractivity contribution in [2.45, 2.75) is 55.4 Å². The highest BCUT2D eigenvalue weighted by atomic mass is 32.2. The van der Waals surface area contributed by atoms with Gasteiger partial charge in [-0.2, -0.15) is 0 Å². The molecule has 2 heterocycles. The number of esters is 1. The number of carbonyl (C=O) groups is 6. The standard InChI is InChI=1S/C29H32N4O10S/c1-15(34)43-13-7-12-32(24(38)17-10-11-18(35)19(36)14-17)28(42)31-20(16-8-5-4-6-9-16)23(37)30-21-25(39)33-22(27(40)41)29(2,3)44-26(21)33/h4-6,8-11,14,20-22,26,35-36H,7,12-13H2,1-3H3,(H,30,37)(H,31,42)(H,40,41)/t20?,21-,22+,26-/m1/s1. The van der Waals surface area contributed by atoms with Crippen LogP contribution in [0, 0.1) is 0 Å². The third-order valence-electron chi connectivity index (χ3n) is 7.18. The van der Waals surface area contributed by atoms with Crippen LogP contribution in [0.5, 0.6) is 11.5 Å². The number of hydrogen-bond acceptors (Lipinski definition) is 10. The van der Waals surface area contributed by atoms with Crippen molar-refractivity contribution in [2.75, 3.05) is 13.2 Å². The molecule has 5 N–H and O–H groups in total. The van der Waals surface area contributed by atoms with E-state index in [0.29, 0.717) is 5.56 Å². The molecule has 0 aromatic heterocycles. The summed E-state index contributed by atoms with van der Waals surface area (Å²) in [5, 5.41) is 33.8. The monoisotopic (exact) mass is 628 g/mol. The van der Waals surface area contributed by atoms with Crippen molar-refractivity contribution in [1.82, 2.24) is 20.4 Å². The normalized spacial score (nSPS) is 20.5. The summed E-state index contributed by atoms with van der Waals surface area (Å²) < 4.78 is 4.09. The van der Waals surface area contributed by atoms with Gasteiger partial charge < -0.3 is 35.6 Å². The molecule has 5 amide bonds. The van der Waals surface area contributed by atoms with E-state index in [-0.39, 0.29) is 25.1 Å². The number of amides is 5. The number of aliphatic carboxylic acids is 1. The quantitative estimate of drug-likeness (QED) is 0.111. The van der Waals surface area contributed by atoms with Crippen LogP contribution in [0.3, 0.4) is 0 Å². The Hall–Kier alpha value is -4.79. The topological polar surface area (TPSA) is 203 Å². The molecule has 2 saturated heterocycles. The largest absolute Gasteiger partial charge is 0.504 e. The molecule has 15 heteroatoms. The fourth-order valence-electron chi connectivity index (χ4n) is 5.08. The first-order chi connectivity index (χ1) is 20.7. The SMILES string of the molecule is CC(=O)OCCCN(C(=O)NC(C(=O)N[C@@H]1C(=O)N2[C@@H]1SC(C)(C)[C@@H]2C(=O)O)c1ccccc1)C(=O)c1ccc(O)c(O)c1. The molecular weight excluding hydrogens is 596 g/mol. The molecule has 4 atom stereocenters. The predicted octanol–water partition coefficient (Wildman–Crippen LogP) is 1.58. The third kappa shape index (κ3) is 6.56. The number of hydrogen-bond donors (Lipinski definition) is 5. The Kier molecular flexibility index (Phi) is 9.37. The first-order valence-electron chi connectivity index (χ1n) is 13.6. The average Bonchev–Trinajstić information content (AvgIpc) is 3.23. The fraction of sp³-hybridized carbons (Fsp3) is 0.379. The molecule has 2 aromatic carbocycles. The number of carboxylic acids is 1. The van der Waals surface area contributed by atoms with Crippen molar-refractivity contribution < 1.29 is 48.8 Å². The highest BCUT2D eigenvalue weighted by Crippen LogP contribution is 2.50. The van der Waals surface area contributed by atoms with Crippen LogP contribution in [-0.2, 0) is 23.9 Å². The van der Waals surface area contributed by atoms with Crippen LogP contribution in [-0.4, -0.2) is 96.2 Å². The van der Waals surface area contributed by atoms with Gasteiger partial charge in [0.2, 0.25) is 11.8 Å². The van der Waals surface area contributed by atoms with E-state index >= 15 is 0 Å². The van der Waals surface area contributed by atoms with E-state index in [0.717, 1.165) is 17.0 Å². The minimum absolute atomic E-state index is 0.0524. The van der Waals surface area contributed by atoms with Crippen LogP contribution < -0.4 is 10.6 Å². The third-order valence-corrected chi connectivity index (χ3v) is 8.75. The van der Waals surface area contributed by atoms with E-state index in [9.17, 15) is 44.1 Å². The molecule has 14 nitrogen and oxygen atoms in total. The van der Waals surface area contributed by atoms with E-state index in [2.05, 4.69) is 10.6 Å². The van der Waals surface area contributed by atoms with Crippen molar-refractivity contribution in [1.29, 1.82) is 0 Å². The highest BCUT2D eigenvalue weighted by molar-refractivity contribution is 8.01. The van der Waals surface area contributed by atoms with Gasteiger partial charge in [0.25, 0.3) is 5.91 Å². The maximum absolute atomic E-state index is 13.6. The van der Waals surface area contributed by atoms with Crippen molar-refractivity contribution >= 4 is 47.5 Å². The second-order valence-corrected chi connectivity index (χ2v) is 12.5. The Balaban J connectivity index is 1.56. The number of phenols is 2. The molecule has 234 valence electrons. The van der Waals surface area contributed by atoms with E-state index < -0.39 is 75.4 Å². The summed E-state index contributed by atoms with van der Waals surface area (Å²) in [5.74, 6) is -4.99. The zero-order valence-corrected chi connectivity index (χ0v) is 24.9. The molecule has 4 rings (SSSR count). The fourth-order valence-corrected chi connectivity index (χ4v) is 6.70. The Bertz CT molecular complexity index is 1480. The number of carboxylic acid groups (broad SMARTS) is 1. The van der Waals surface area contributed by atoms with Crippen molar-refractivity contribution in [2.24, 2.45) is 0 Å². The van der Waals surface area contributed by atoms with E-state index in [1.54, 1.807) is 44.2 Å². The van der Waals surface area contributed by atoms with Crippen LogP contribution in [0.2, 0.25) is 0 Å². The molecule has 1 unspecified atom stereocenters. The van der Waals surface area contributed by atoms with Gasteiger partial charge in [0, 0.05) is 23.8 Å². The molecule has 0 saturated carbocycles. The van der Waals surface area contributed by atoms with Crippen LogP contribution in [0.4, 0.5) is 4.79 Å². The second kappa shape index (κ2) is 12.8. The summed E-state index contributed by atoms with van der Waals surface area (Å²) in [5.41, 5.74) is 0.192. The number of urea groups is 1. The number of β-lactam (4-membered cyclic amide) rings is 1. The number of rotatable bonds is 10. The molecule has 2 aromatic rings. The molecule has 0 spiro atoms. The lowest BCUT2D eigenvalue weighted by molar-refractivity contribution is -0.161. The van der Waals surface area contributed by atoms with Gasteiger partial charge in [-0.3, -0.25) is 24.1 Å². The molecular formula is C29H32N4O10S. The van der Waals surface area contributed by atoms with E-state index in [1.807, 2.05) is 0 Å². The van der Waals surface area contributed by atoms with Crippen LogP contribution >= 0.6 is 11.8 Å². The Morgan fingerprint density at radius 2 is 1.75 bits per heavy atom. The highest BCUT2D eigenvalue weighted by Gasteiger charge is 2.64. The predicted molar refractivity (Wildman–Crippen MR) is 155 cm³/mol. The van der Waals surface area contributed by atoms with Gasteiger partial charge in [-0.25, -0.2) is 9.59 Å². The second-order valence-electron chi connectivity index (χ2n) is 10.7. The number of carbonyl (C=O) groups excluding carboxylic acids is 5. The number of fused-ring (bicyclic) bond motifs is 1. The number of nitrogens with zero attached hydrogens (tertiary/aromatic N) is 2. The molecule has 44 heavy (non-hydrogen) atoms. The lowest BCUT2D eigenvalue weighted by atomic mass is 9.95. The molecule has 2 aliphatic rings. The number of thioether (sulfide) groups is 1. The smallest absolute Gasteiger partial charge is 0.327 e. The number of ether oxygens (including phenoxy) is 1. The Morgan fingerprint density at radius 3 is 2.36 bits per heavy atom. The molecule has 0 aliphatic carbocycles. The average molecular weight is 629 g/mol. The summed E-state index contributed by atoms with van der Waals surface area (Å²) in [6.45, 7) is 4.26. The molecule has 2 fully saturated rings. The Morgan fingerprint density at radius 1 is 1.07 bits per heavy atom.